The normalized spacial score (nSPS) is 13.8. The van der Waals surface area contributed by atoms with Crippen molar-refractivity contribution in [3.8, 4) is 5.75 Å². The third kappa shape index (κ3) is 8.40. The number of hydrogen-bond donors (Lipinski definition) is 1. The fourth-order valence-electron chi connectivity index (χ4n) is 4.63. The molecule has 0 saturated heterocycles. The van der Waals surface area contributed by atoms with Crippen LogP contribution in [0.2, 0.25) is 0 Å². The molecule has 1 aromatic heterocycles. The highest BCUT2D eigenvalue weighted by Crippen LogP contribution is 2.29. The Morgan fingerprint density at radius 2 is 1.93 bits per heavy atom. The number of carbonyl (C=O) groups excluding carboxylic acids is 3. The van der Waals surface area contributed by atoms with Crippen molar-refractivity contribution < 1.29 is 33.4 Å². The maximum Gasteiger partial charge on any atom is 0.416 e. The summed E-state index contributed by atoms with van der Waals surface area (Å²) in [6.07, 6.45) is 3.28. The fraction of sp³-hybridized carbons (Fsp3) is 0.533. The van der Waals surface area contributed by atoms with Gasteiger partial charge < -0.3 is 19.5 Å². The summed E-state index contributed by atoms with van der Waals surface area (Å²) in [7, 11) is 1.58. The number of benzene rings is 1. The molecule has 218 valence electrons. The number of rotatable bonds is 10. The zero-order chi connectivity index (χ0) is 29.4. The Bertz CT molecular complexity index is 1210. The Balaban J connectivity index is 1.61. The number of amides is 2. The summed E-state index contributed by atoms with van der Waals surface area (Å²) in [5, 5.41) is 9.55. The number of aryl methyl sites for hydroxylation is 2. The Hall–Kier alpha value is -3.69. The van der Waals surface area contributed by atoms with E-state index in [2.05, 4.69) is 0 Å². The van der Waals surface area contributed by atoms with E-state index in [0.717, 1.165) is 30.2 Å². The molecule has 40 heavy (non-hydrogen) atoms. The molecule has 0 radical (unpaired) electrons. The Morgan fingerprint density at radius 1 is 1.18 bits per heavy atom. The molecule has 0 spiro atoms. The summed E-state index contributed by atoms with van der Waals surface area (Å²) >= 11 is 0. The Labute approximate surface area is 235 Å². The number of halogens is 1. The number of pyridine rings is 1. The third-order valence-corrected chi connectivity index (χ3v) is 6.67. The molecular formula is C30H40FN3O6. The predicted octanol–water partition coefficient (Wildman–Crippen LogP) is 5.48. The average Bonchev–Trinajstić information content (AvgIpc) is 2.89. The second-order valence-corrected chi connectivity index (χ2v) is 11.0. The van der Waals surface area contributed by atoms with Crippen LogP contribution in [-0.2, 0) is 31.9 Å². The minimum atomic E-state index is -0.824. The smallest absolute Gasteiger partial charge is 0.416 e. The van der Waals surface area contributed by atoms with E-state index in [1.807, 2.05) is 32.9 Å². The van der Waals surface area contributed by atoms with Crippen LogP contribution in [0.5, 0.6) is 5.75 Å². The number of ether oxygens (including phenoxy) is 2. The molecule has 3 rings (SSSR count). The molecule has 0 fully saturated rings. The SMILES string of the molecule is CCOC(=O)C[C@@H](c1ccc(O)c(F)c1)N(C)C(=O)CCCCc1ccc2c(n1)N(C(=O)OC(C)(C)C)CCC2. The van der Waals surface area contributed by atoms with Gasteiger partial charge in [0, 0.05) is 25.7 Å². The summed E-state index contributed by atoms with van der Waals surface area (Å²) in [4.78, 5) is 45.8. The molecule has 1 aliphatic rings. The quantitative estimate of drug-likeness (QED) is 0.304. The summed E-state index contributed by atoms with van der Waals surface area (Å²) in [5.74, 6) is -1.39. The summed E-state index contributed by atoms with van der Waals surface area (Å²) in [6, 6.07) is 7.06. The van der Waals surface area contributed by atoms with Crippen molar-refractivity contribution in [2.45, 2.75) is 84.3 Å². The predicted molar refractivity (Wildman–Crippen MR) is 149 cm³/mol. The van der Waals surface area contributed by atoms with E-state index < -0.39 is 35.3 Å². The molecule has 1 aromatic carbocycles. The molecule has 2 aromatic rings. The van der Waals surface area contributed by atoms with E-state index in [-0.39, 0.29) is 25.4 Å². The number of fused-ring (bicyclic) bond motifs is 1. The highest BCUT2D eigenvalue weighted by molar-refractivity contribution is 5.88. The van der Waals surface area contributed by atoms with Crippen molar-refractivity contribution in [3.63, 3.8) is 0 Å². The van der Waals surface area contributed by atoms with Crippen molar-refractivity contribution in [1.29, 1.82) is 0 Å². The summed E-state index contributed by atoms with van der Waals surface area (Å²) < 4.78 is 24.7. The molecule has 1 atom stereocenters. The topological polar surface area (TPSA) is 109 Å². The second-order valence-electron chi connectivity index (χ2n) is 11.0. The lowest BCUT2D eigenvalue weighted by Crippen LogP contribution is -2.40. The van der Waals surface area contributed by atoms with Gasteiger partial charge in [0.15, 0.2) is 11.6 Å². The van der Waals surface area contributed by atoms with Gasteiger partial charge in [-0.25, -0.2) is 14.2 Å². The molecular weight excluding hydrogens is 517 g/mol. The van der Waals surface area contributed by atoms with Crippen LogP contribution in [0, 0.1) is 5.82 Å². The van der Waals surface area contributed by atoms with Crippen LogP contribution in [0.3, 0.4) is 0 Å². The van der Waals surface area contributed by atoms with Crippen molar-refractivity contribution in [2.24, 2.45) is 0 Å². The van der Waals surface area contributed by atoms with Gasteiger partial charge in [-0.2, -0.15) is 0 Å². The average molecular weight is 558 g/mol. The van der Waals surface area contributed by atoms with E-state index in [9.17, 15) is 23.9 Å². The number of phenolic OH excluding ortho intramolecular Hbond substituents is 1. The monoisotopic (exact) mass is 557 g/mol. The van der Waals surface area contributed by atoms with Gasteiger partial charge in [-0.05, 0) is 89.1 Å². The van der Waals surface area contributed by atoms with Crippen molar-refractivity contribution >= 4 is 23.8 Å². The van der Waals surface area contributed by atoms with E-state index in [0.29, 0.717) is 37.2 Å². The van der Waals surface area contributed by atoms with E-state index in [1.165, 1.54) is 17.0 Å². The van der Waals surface area contributed by atoms with E-state index in [1.54, 1.807) is 18.9 Å². The molecule has 0 aliphatic carbocycles. The van der Waals surface area contributed by atoms with Crippen LogP contribution >= 0.6 is 0 Å². The van der Waals surface area contributed by atoms with Crippen LogP contribution in [0.25, 0.3) is 0 Å². The Morgan fingerprint density at radius 3 is 2.60 bits per heavy atom. The maximum atomic E-state index is 14.0. The van der Waals surface area contributed by atoms with Crippen LogP contribution < -0.4 is 4.90 Å². The zero-order valence-electron chi connectivity index (χ0n) is 24.0. The number of nitrogens with zero attached hydrogens (tertiary/aromatic N) is 3. The first-order chi connectivity index (χ1) is 18.9. The maximum absolute atomic E-state index is 14.0. The van der Waals surface area contributed by atoms with Gasteiger partial charge in [-0.1, -0.05) is 12.1 Å². The highest BCUT2D eigenvalue weighted by atomic mass is 19.1. The van der Waals surface area contributed by atoms with Gasteiger partial charge in [-0.3, -0.25) is 14.5 Å². The van der Waals surface area contributed by atoms with Gasteiger partial charge in [-0.15, -0.1) is 0 Å². The second kappa shape index (κ2) is 13.6. The van der Waals surface area contributed by atoms with Crippen molar-refractivity contribution in [1.82, 2.24) is 9.88 Å². The van der Waals surface area contributed by atoms with Crippen LogP contribution in [-0.4, -0.2) is 58.8 Å². The number of aromatic nitrogens is 1. The van der Waals surface area contributed by atoms with Gasteiger partial charge in [0.2, 0.25) is 5.91 Å². The Kier molecular flexibility index (Phi) is 10.5. The number of esters is 1. The first-order valence-electron chi connectivity index (χ1n) is 13.8. The fourth-order valence-corrected chi connectivity index (χ4v) is 4.63. The van der Waals surface area contributed by atoms with Gasteiger partial charge >= 0.3 is 12.1 Å². The molecule has 2 amide bonds. The van der Waals surface area contributed by atoms with Gasteiger partial charge in [0.1, 0.15) is 11.4 Å². The first-order valence-corrected chi connectivity index (χ1v) is 13.8. The van der Waals surface area contributed by atoms with Crippen LogP contribution in [0.4, 0.5) is 15.0 Å². The first kappa shape index (κ1) is 30.8. The molecule has 0 unspecified atom stereocenters. The summed E-state index contributed by atoms with van der Waals surface area (Å²) in [5.41, 5.74) is 1.63. The largest absolute Gasteiger partial charge is 0.505 e. The molecule has 0 bridgehead atoms. The van der Waals surface area contributed by atoms with Gasteiger partial charge in [0.25, 0.3) is 0 Å². The molecule has 9 nitrogen and oxygen atoms in total. The highest BCUT2D eigenvalue weighted by Gasteiger charge is 2.29. The minimum absolute atomic E-state index is 0.131. The van der Waals surface area contributed by atoms with Crippen LogP contribution in [0.15, 0.2) is 30.3 Å². The molecule has 0 saturated carbocycles. The number of phenols is 1. The summed E-state index contributed by atoms with van der Waals surface area (Å²) in [6.45, 7) is 7.94. The minimum Gasteiger partial charge on any atom is -0.505 e. The molecule has 1 N–H and O–H groups in total. The number of hydrogen-bond acceptors (Lipinski definition) is 7. The number of unbranched alkanes of at least 4 members (excludes halogenated alkanes) is 1. The lowest BCUT2D eigenvalue weighted by Gasteiger charge is -2.31. The molecule has 1 aliphatic heterocycles. The van der Waals surface area contributed by atoms with Gasteiger partial charge in [0.05, 0.1) is 19.1 Å². The van der Waals surface area contributed by atoms with Crippen LogP contribution in [0.1, 0.15) is 82.7 Å². The zero-order valence-corrected chi connectivity index (χ0v) is 24.0. The molecule has 2 heterocycles. The number of carbonyl (C=O) groups is 3. The lowest BCUT2D eigenvalue weighted by atomic mass is 10.0. The molecule has 10 heteroatoms. The third-order valence-electron chi connectivity index (χ3n) is 6.67. The van der Waals surface area contributed by atoms with E-state index >= 15 is 0 Å². The number of anilines is 1. The lowest BCUT2D eigenvalue weighted by molar-refractivity contribution is -0.145. The number of aromatic hydroxyl groups is 1. The van der Waals surface area contributed by atoms with Crippen molar-refractivity contribution in [2.75, 3.05) is 25.1 Å². The standard InChI is InChI=1S/C30H40FN3O6/c1-6-39-27(37)19-24(21-14-16-25(35)23(31)18-21)33(5)26(36)12-8-7-11-22-15-13-20-10-9-17-34(28(20)32-22)29(38)40-30(2,3)4/h13-16,18,24,35H,6-12,17,19H2,1-5H3/t24-/m0/s1. The van der Waals surface area contributed by atoms with Crippen molar-refractivity contribution in [3.05, 3.63) is 53.0 Å². The van der Waals surface area contributed by atoms with E-state index in [4.69, 9.17) is 14.5 Å².